The van der Waals surface area contributed by atoms with Crippen LogP contribution in [0.2, 0.25) is 10.2 Å². The van der Waals surface area contributed by atoms with Gasteiger partial charge in [0.25, 0.3) is 5.91 Å². The molecule has 4 aromatic rings. The highest BCUT2D eigenvalue weighted by Crippen LogP contribution is 2.39. The molecule has 4 nitrogen and oxygen atoms in total. The first-order valence-electron chi connectivity index (χ1n) is 9.77. The van der Waals surface area contributed by atoms with Crippen molar-refractivity contribution >= 4 is 57.1 Å². The van der Waals surface area contributed by atoms with E-state index in [0.29, 0.717) is 22.2 Å². The molecule has 0 bridgehead atoms. The predicted octanol–water partition coefficient (Wildman–Crippen LogP) is 6.90. The number of halogens is 2. The number of aromatic nitrogens is 1. The summed E-state index contributed by atoms with van der Waals surface area (Å²) in [5.74, 6) is -0.262. The monoisotopic (exact) mass is 465 g/mol. The lowest BCUT2D eigenvalue weighted by atomic mass is 10.00. The normalized spacial score (nSPS) is 16.0. The molecule has 0 aliphatic carbocycles. The lowest BCUT2D eigenvalue weighted by molar-refractivity contribution is 0.0711. The molecular formula is C24H17Cl2N3OS. The average Bonchev–Trinajstić information content (AvgIpc) is 3.43. The van der Waals surface area contributed by atoms with E-state index in [1.807, 2.05) is 42.6 Å². The van der Waals surface area contributed by atoms with E-state index in [9.17, 15) is 4.79 Å². The zero-order chi connectivity index (χ0) is 21.5. The number of pyridine rings is 1. The first kappa shape index (κ1) is 20.2. The number of amides is 1. The molecule has 1 aliphatic heterocycles. The number of fused-ring (bicyclic) bond motifs is 1. The largest absolute Gasteiger partial charge is 0.276 e. The van der Waals surface area contributed by atoms with Gasteiger partial charge in [-0.25, -0.2) is 9.99 Å². The number of hydrogen-bond acceptors (Lipinski definition) is 4. The van der Waals surface area contributed by atoms with Crippen LogP contribution >= 0.6 is 34.5 Å². The Labute approximate surface area is 193 Å². The van der Waals surface area contributed by atoms with Crippen LogP contribution in [0.25, 0.3) is 10.9 Å². The second kappa shape index (κ2) is 8.08. The molecule has 0 saturated carbocycles. The van der Waals surface area contributed by atoms with Crippen LogP contribution in [0, 0.1) is 6.92 Å². The SMILES string of the molecule is Cc1ccc2nc(Cl)c(C3CC(c4cccs4)=NN3C(=O)c3ccccc3Cl)cc2c1. The number of carbonyl (C=O) groups is 1. The Hall–Kier alpha value is -2.73. The van der Waals surface area contributed by atoms with Crippen LogP contribution in [-0.4, -0.2) is 21.6 Å². The van der Waals surface area contributed by atoms with E-state index in [-0.39, 0.29) is 11.9 Å². The smallest absolute Gasteiger partial charge is 0.267 e. The molecule has 1 aliphatic rings. The summed E-state index contributed by atoms with van der Waals surface area (Å²) in [6, 6.07) is 18.7. The van der Waals surface area contributed by atoms with E-state index in [4.69, 9.17) is 28.3 Å². The van der Waals surface area contributed by atoms with Crippen molar-refractivity contribution in [2.24, 2.45) is 5.10 Å². The molecule has 1 unspecified atom stereocenters. The van der Waals surface area contributed by atoms with Crippen molar-refractivity contribution in [2.45, 2.75) is 19.4 Å². The van der Waals surface area contributed by atoms with Gasteiger partial charge in [0.05, 0.1) is 32.7 Å². The first-order chi connectivity index (χ1) is 15.0. The average molecular weight is 466 g/mol. The van der Waals surface area contributed by atoms with Gasteiger partial charge in [-0.05, 0) is 48.7 Å². The summed E-state index contributed by atoms with van der Waals surface area (Å²) >= 11 is 14.5. The molecule has 0 radical (unpaired) electrons. The molecule has 7 heteroatoms. The van der Waals surface area contributed by atoms with E-state index in [1.165, 1.54) is 5.01 Å². The van der Waals surface area contributed by atoms with Gasteiger partial charge in [-0.15, -0.1) is 11.3 Å². The topological polar surface area (TPSA) is 45.6 Å². The maximum absolute atomic E-state index is 13.5. The Morgan fingerprint density at radius 3 is 2.71 bits per heavy atom. The predicted molar refractivity (Wildman–Crippen MR) is 127 cm³/mol. The van der Waals surface area contributed by atoms with Crippen molar-refractivity contribution in [3.05, 3.63) is 97.8 Å². The van der Waals surface area contributed by atoms with Crippen LogP contribution < -0.4 is 0 Å². The maximum Gasteiger partial charge on any atom is 0.276 e. The fraction of sp³-hybridized carbons (Fsp3) is 0.125. The maximum atomic E-state index is 13.5. The van der Waals surface area contributed by atoms with E-state index >= 15 is 0 Å². The number of thiophene rings is 1. The minimum Gasteiger partial charge on any atom is -0.267 e. The number of hydrogen-bond donors (Lipinski definition) is 0. The molecule has 0 saturated heterocycles. The quantitative estimate of drug-likeness (QED) is 0.308. The zero-order valence-corrected chi connectivity index (χ0v) is 18.9. The molecule has 154 valence electrons. The summed E-state index contributed by atoms with van der Waals surface area (Å²) < 4.78 is 0. The second-order valence-corrected chi connectivity index (χ2v) is 9.15. The van der Waals surface area contributed by atoms with Crippen LogP contribution in [0.5, 0.6) is 0 Å². The molecule has 31 heavy (non-hydrogen) atoms. The number of aryl methyl sites for hydroxylation is 1. The summed E-state index contributed by atoms with van der Waals surface area (Å²) in [5.41, 5.74) is 3.98. The van der Waals surface area contributed by atoms with Crippen molar-refractivity contribution in [2.75, 3.05) is 0 Å². The number of rotatable bonds is 3. The lowest BCUT2D eigenvalue weighted by Crippen LogP contribution is -2.27. The summed E-state index contributed by atoms with van der Waals surface area (Å²) in [6.07, 6.45) is 0.551. The molecule has 2 aromatic heterocycles. The van der Waals surface area contributed by atoms with Gasteiger partial charge in [-0.2, -0.15) is 5.10 Å². The summed E-state index contributed by atoms with van der Waals surface area (Å²) in [7, 11) is 0. The molecule has 1 amide bonds. The fourth-order valence-electron chi connectivity index (χ4n) is 3.81. The Morgan fingerprint density at radius 1 is 1.10 bits per heavy atom. The highest BCUT2D eigenvalue weighted by Gasteiger charge is 2.36. The fourth-order valence-corrected chi connectivity index (χ4v) is 5.02. The Balaban J connectivity index is 1.63. The number of nitrogens with zero attached hydrogens (tertiary/aromatic N) is 3. The highest BCUT2D eigenvalue weighted by atomic mass is 35.5. The molecule has 0 fully saturated rings. The Morgan fingerprint density at radius 2 is 1.94 bits per heavy atom. The van der Waals surface area contributed by atoms with Gasteiger partial charge in [-0.1, -0.05) is 53.0 Å². The molecular weight excluding hydrogens is 449 g/mol. The highest BCUT2D eigenvalue weighted by molar-refractivity contribution is 7.12. The van der Waals surface area contributed by atoms with Gasteiger partial charge in [0.15, 0.2) is 0 Å². The third-order valence-electron chi connectivity index (χ3n) is 5.34. The lowest BCUT2D eigenvalue weighted by Gasteiger charge is -2.23. The van der Waals surface area contributed by atoms with E-state index in [1.54, 1.807) is 35.6 Å². The van der Waals surface area contributed by atoms with Crippen molar-refractivity contribution in [3.63, 3.8) is 0 Å². The van der Waals surface area contributed by atoms with E-state index in [0.717, 1.165) is 32.6 Å². The van der Waals surface area contributed by atoms with Crippen LogP contribution in [0.3, 0.4) is 0 Å². The second-order valence-electron chi connectivity index (χ2n) is 7.44. The summed E-state index contributed by atoms with van der Waals surface area (Å²) in [5, 5.41) is 9.96. The minimum atomic E-state index is -0.370. The number of hydrazone groups is 1. The summed E-state index contributed by atoms with van der Waals surface area (Å²) in [4.78, 5) is 19.1. The molecule has 2 aromatic carbocycles. The van der Waals surface area contributed by atoms with Gasteiger partial charge in [0, 0.05) is 17.4 Å². The standard InChI is InChI=1S/C24H17Cl2N3OS/c1-14-8-9-19-15(11-14)12-17(23(26)27-19)21-13-20(22-7-4-10-31-22)28-29(21)24(30)16-5-2-3-6-18(16)25/h2-12,21H,13H2,1H3. The third-order valence-corrected chi connectivity index (χ3v) is 6.89. The Bertz CT molecular complexity index is 1330. The van der Waals surface area contributed by atoms with Crippen molar-refractivity contribution in [1.29, 1.82) is 0 Å². The van der Waals surface area contributed by atoms with E-state index in [2.05, 4.69) is 11.1 Å². The van der Waals surface area contributed by atoms with Gasteiger partial charge in [0.2, 0.25) is 0 Å². The number of benzene rings is 2. The van der Waals surface area contributed by atoms with E-state index < -0.39 is 0 Å². The van der Waals surface area contributed by atoms with Gasteiger partial charge >= 0.3 is 0 Å². The third kappa shape index (κ3) is 3.74. The van der Waals surface area contributed by atoms with Gasteiger partial charge in [0.1, 0.15) is 5.15 Å². The van der Waals surface area contributed by atoms with Crippen LogP contribution in [0.1, 0.15) is 38.8 Å². The summed E-state index contributed by atoms with van der Waals surface area (Å²) in [6.45, 7) is 2.04. The molecule has 0 spiro atoms. The number of carbonyl (C=O) groups excluding carboxylic acids is 1. The van der Waals surface area contributed by atoms with Gasteiger partial charge < -0.3 is 0 Å². The van der Waals surface area contributed by atoms with Crippen LogP contribution in [0.4, 0.5) is 0 Å². The molecule has 5 rings (SSSR count). The minimum absolute atomic E-state index is 0.262. The van der Waals surface area contributed by atoms with Crippen molar-refractivity contribution in [1.82, 2.24) is 9.99 Å². The van der Waals surface area contributed by atoms with Crippen molar-refractivity contribution in [3.8, 4) is 0 Å². The molecule has 3 heterocycles. The van der Waals surface area contributed by atoms with Gasteiger partial charge in [-0.3, -0.25) is 4.79 Å². The van der Waals surface area contributed by atoms with Crippen LogP contribution in [-0.2, 0) is 0 Å². The van der Waals surface area contributed by atoms with Crippen molar-refractivity contribution < 1.29 is 4.79 Å². The zero-order valence-electron chi connectivity index (χ0n) is 16.5. The van der Waals surface area contributed by atoms with Crippen LogP contribution in [0.15, 0.2) is 71.1 Å². The molecule has 1 atom stereocenters. The Kier molecular flexibility index (Phi) is 5.26. The molecule has 0 N–H and O–H groups in total. The first-order valence-corrected chi connectivity index (χ1v) is 11.4.